The van der Waals surface area contributed by atoms with Crippen LogP contribution in [0.1, 0.15) is 18.9 Å². The summed E-state index contributed by atoms with van der Waals surface area (Å²) in [6.07, 6.45) is 3.11. The predicted octanol–water partition coefficient (Wildman–Crippen LogP) is 5.38. The van der Waals surface area contributed by atoms with Crippen LogP contribution in [0.15, 0.2) is 70.3 Å². The summed E-state index contributed by atoms with van der Waals surface area (Å²) in [5, 5.41) is 2.59. The van der Waals surface area contributed by atoms with Crippen molar-refractivity contribution in [3.63, 3.8) is 0 Å². The standard InChI is InChI=1S/C21H21N2S2/c1-3-22-16-10-5-7-12-18(16)24-20(22)14-9-15-21-23(4-2)17-11-6-8-13-19(17)25-21/h5-13H,3-4,14H2,1-2H3/q+1. The molecule has 0 saturated heterocycles. The fourth-order valence-corrected chi connectivity index (χ4v) is 5.57. The molecule has 0 aliphatic carbocycles. The van der Waals surface area contributed by atoms with Crippen LogP contribution in [0.2, 0.25) is 0 Å². The molecule has 4 rings (SSSR count). The molecular formula is C21H21N2S2+. The minimum Gasteiger partial charge on any atom is -0.329 e. The monoisotopic (exact) mass is 365 g/mol. The lowest BCUT2D eigenvalue weighted by Gasteiger charge is -2.15. The molecular weight excluding hydrogens is 344 g/mol. The predicted molar refractivity (Wildman–Crippen MR) is 108 cm³/mol. The summed E-state index contributed by atoms with van der Waals surface area (Å²) in [6, 6.07) is 17.2. The maximum Gasteiger partial charge on any atom is 0.242 e. The first-order valence-corrected chi connectivity index (χ1v) is 10.3. The number of fused-ring (bicyclic) bond motifs is 2. The number of benzene rings is 2. The van der Waals surface area contributed by atoms with E-state index in [1.165, 1.54) is 30.8 Å². The molecule has 0 unspecified atom stereocenters. The summed E-state index contributed by atoms with van der Waals surface area (Å²) in [5.41, 5.74) is 6.19. The van der Waals surface area contributed by atoms with Gasteiger partial charge in [0.15, 0.2) is 0 Å². The number of para-hydroxylation sites is 2. The Kier molecular flexibility index (Phi) is 4.67. The Morgan fingerprint density at radius 3 is 2.72 bits per heavy atom. The van der Waals surface area contributed by atoms with Crippen molar-refractivity contribution in [2.75, 3.05) is 11.4 Å². The topological polar surface area (TPSA) is 7.12 Å². The Hall–Kier alpha value is -2.00. The Morgan fingerprint density at radius 1 is 1.08 bits per heavy atom. The molecule has 2 heterocycles. The summed E-state index contributed by atoms with van der Waals surface area (Å²) < 4.78 is 3.77. The highest BCUT2D eigenvalue weighted by molar-refractivity contribution is 8.03. The van der Waals surface area contributed by atoms with E-state index >= 15 is 0 Å². The van der Waals surface area contributed by atoms with Gasteiger partial charge in [-0.3, -0.25) is 0 Å². The Bertz CT molecular complexity index is 980. The van der Waals surface area contributed by atoms with Crippen molar-refractivity contribution >= 4 is 39.0 Å². The molecule has 126 valence electrons. The van der Waals surface area contributed by atoms with Gasteiger partial charge < -0.3 is 4.90 Å². The lowest BCUT2D eigenvalue weighted by atomic mass is 10.3. The first kappa shape index (κ1) is 16.5. The quantitative estimate of drug-likeness (QED) is 0.453. The van der Waals surface area contributed by atoms with Crippen LogP contribution in [-0.2, 0) is 13.0 Å². The second-order valence-corrected chi connectivity index (χ2v) is 8.03. The number of rotatable bonds is 4. The summed E-state index contributed by atoms with van der Waals surface area (Å²) in [5.74, 6) is 0. The molecule has 0 radical (unpaired) electrons. The fraction of sp³-hybridized carbons (Fsp3) is 0.238. The second-order valence-electron chi connectivity index (χ2n) is 5.88. The minimum absolute atomic E-state index is 0.922. The zero-order chi connectivity index (χ0) is 17.2. The largest absolute Gasteiger partial charge is 0.329 e. The van der Waals surface area contributed by atoms with E-state index < -0.39 is 0 Å². The molecule has 0 spiro atoms. The highest BCUT2D eigenvalue weighted by Gasteiger charge is 2.23. The number of allylic oxidation sites excluding steroid dienone is 1. The maximum absolute atomic E-state index is 3.55. The Labute approximate surface area is 157 Å². The van der Waals surface area contributed by atoms with Gasteiger partial charge in [0, 0.05) is 17.5 Å². The number of aromatic nitrogens is 1. The van der Waals surface area contributed by atoms with Crippen LogP contribution in [-0.4, -0.2) is 6.54 Å². The van der Waals surface area contributed by atoms with E-state index in [-0.39, 0.29) is 0 Å². The maximum atomic E-state index is 3.55. The van der Waals surface area contributed by atoms with E-state index in [1.54, 1.807) is 0 Å². The molecule has 1 aromatic heterocycles. The Morgan fingerprint density at radius 2 is 1.88 bits per heavy atom. The van der Waals surface area contributed by atoms with Gasteiger partial charge in [-0.15, -0.1) is 0 Å². The third-order valence-corrected chi connectivity index (χ3v) is 6.71. The molecule has 0 bridgehead atoms. The summed E-state index contributed by atoms with van der Waals surface area (Å²) in [6.45, 7) is 6.39. The zero-order valence-corrected chi connectivity index (χ0v) is 16.2. The second kappa shape index (κ2) is 7.09. The van der Waals surface area contributed by atoms with Crippen LogP contribution in [0.25, 0.3) is 10.2 Å². The molecule has 0 amide bonds. The van der Waals surface area contributed by atoms with Gasteiger partial charge in [0.1, 0.15) is 16.3 Å². The molecule has 2 aromatic carbocycles. The van der Waals surface area contributed by atoms with Gasteiger partial charge in [0.25, 0.3) is 0 Å². The average molecular weight is 366 g/mol. The highest BCUT2D eigenvalue weighted by Crippen LogP contribution is 2.44. The van der Waals surface area contributed by atoms with Crippen molar-refractivity contribution in [3.8, 4) is 0 Å². The van der Waals surface area contributed by atoms with Crippen LogP contribution in [0, 0.1) is 0 Å². The smallest absolute Gasteiger partial charge is 0.242 e. The third kappa shape index (κ3) is 3.02. The van der Waals surface area contributed by atoms with Crippen LogP contribution in [0.5, 0.6) is 0 Å². The first-order valence-electron chi connectivity index (χ1n) is 8.71. The van der Waals surface area contributed by atoms with Crippen molar-refractivity contribution in [3.05, 3.63) is 70.4 Å². The van der Waals surface area contributed by atoms with E-state index in [2.05, 4.69) is 83.7 Å². The molecule has 3 aromatic rings. The normalized spacial score (nSPS) is 13.2. The summed E-state index contributed by atoms with van der Waals surface area (Å²) in [4.78, 5) is 3.67. The van der Waals surface area contributed by atoms with Crippen molar-refractivity contribution in [2.45, 2.75) is 31.7 Å². The number of hydrogen-bond acceptors (Lipinski definition) is 3. The molecule has 25 heavy (non-hydrogen) atoms. The number of thioether (sulfide) groups is 1. The van der Waals surface area contributed by atoms with Crippen LogP contribution in [0.4, 0.5) is 5.69 Å². The van der Waals surface area contributed by atoms with E-state index in [0.29, 0.717) is 0 Å². The van der Waals surface area contributed by atoms with Gasteiger partial charge in [0.2, 0.25) is 10.5 Å². The minimum atomic E-state index is 0.922. The summed E-state index contributed by atoms with van der Waals surface area (Å²) >= 11 is 3.70. The third-order valence-electron chi connectivity index (χ3n) is 4.43. The molecule has 1 aliphatic rings. The number of aryl methyl sites for hydroxylation is 1. The van der Waals surface area contributed by atoms with Crippen LogP contribution in [0.3, 0.4) is 0 Å². The number of nitrogens with zero attached hydrogens (tertiary/aromatic N) is 2. The van der Waals surface area contributed by atoms with Gasteiger partial charge in [-0.2, -0.15) is 4.57 Å². The van der Waals surface area contributed by atoms with Gasteiger partial charge in [-0.25, -0.2) is 0 Å². The number of hydrogen-bond donors (Lipinski definition) is 0. The van der Waals surface area contributed by atoms with E-state index in [4.69, 9.17) is 0 Å². The molecule has 1 aliphatic heterocycles. The van der Waals surface area contributed by atoms with E-state index in [0.717, 1.165) is 19.5 Å². The van der Waals surface area contributed by atoms with Crippen molar-refractivity contribution < 1.29 is 4.57 Å². The van der Waals surface area contributed by atoms with Gasteiger partial charge in [0.05, 0.1) is 12.1 Å². The fourth-order valence-electron chi connectivity index (χ4n) is 3.26. The molecule has 2 nitrogen and oxygen atoms in total. The summed E-state index contributed by atoms with van der Waals surface area (Å²) in [7, 11) is 0. The highest BCUT2D eigenvalue weighted by atomic mass is 32.2. The van der Waals surface area contributed by atoms with E-state index in [1.807, 2.05) is 23.1 Å². The SMILES string of the molecule is CCN1C(=C=CCc2sc3ccccc3[n+]2CC)Sc2ccccc21. The van der Waals surface area contributed by atoms with Crippen molar-refractivity contribution in [1.82, 2.24) is 0 Å². The van der Waals surface area contributed by atoms with Crippen LogP contribution < -0.4 is 9.47 Å². The van der Waals surface area contributed by atoms with Gasteiger partial charge in [-0.05, 0) is 38.1 Å². The average Bonchev–Trinajstić information content (AvgIpc) is 3.18. The van der Waals surface area contributed by atoms with Crippen molar-refractivity contribution in [2.24, 2.45) is 0 Å². The van der Waals surface area contributed by atoms with Crippen molar-refractivity contribution in [1.29, 1.82) is 0 Å². The molecule has 0 saturated carbocycles. The molecule has 0 N–H and O–H groups in total. The zero-order valence-electron chi connectivity index (χ0n) is 14.5. The number of thiazole rings is 1. The lowest BCUT2D eigenvalue weighted by molar-refractivity contribution is -0.670. The van der Waals surface area contributed by atoms with Crippen LogP contribution >= 0.6 is 23.1 Å². The van der Waals surface area contributed by atoms with Gasteiger partial charge >= 0.3 is 0 Å². The molecule has 0 atom stereocenters. The lowest BCUT2D eigenvalue weighted by Crippen LogP contribution is -2.34. The number of anilines is 1. The van der Waals surface area contributed by atoms with Gasteiger partial charge in [-0.1, -0.05) is 53.1 Å². The first-order chi connectivity index (χ1) is 12.3. The Balaban J connectivity index is 1.64. The van der Waals surface area contributed by atoms with E-state index in [9.17, 15) is 0 Å². The molecule has 0 fully saturated rings. The molecule has 4 heteroatoms.